The first-order chi connectivity index (χ1) is 8.18. The Labute approximate surface area is 113 Å². The Balaban J connectivity index is 2.13. The molecule has 0 unspecified atom stereocenters. The molecule has 0 spiro atoms. The van der Waals surface area contributed by atoms with Crippen molar-refractivity contribution in [2.75, 3.05) is 5.43 Å². The van der Waals surface area contributed by atoms with Gasteiger partial charge in [-0.15, -0.1) is 11.3 Å². The van der Waals surface area contributed by atoms with Crippen LogP contribution < -0.4 is 5.43 Å². The molecule has 2 aromatic heterocycles. The number of pyridine rings is 1. The summed E-state index contributed by atoms with van der Waals surface area (Å²) in [5.74, 6) is 0. The first-order valence-electron chi connectivity index (χ1n) is 4.80. The predicted octanol–water partition coefficient (Wildman–Crippen LogP) is 4.20. The van der Waals surface area contributed by atoms with E-state index < -0.39 is 0 Å². The maximum atomic E-state index is 5.94. The fourth-order valence-electron chi connectivity index (χ4n) is 1.19. The van der Waals surface area contributed by atoms with Gasteiger partial charge in [0.2, 0.25) is 0 Å². The quantitative estimate of drug-likeness (QED) is 0.678. The molecule has 2 heterocycles. The topological polar surface area (TPSA) is 37.3 Å². The van der Waals surface area contributed by atoms with Gasteiger partial charge in [-0.1, -0.05) is 23.2 Å². The standard InChI is InChI=1S/C11H9Cl2N3S/c1-7-2-3-17-10(7)6-15-16-11-8(12)4-14-5-9(11)13/h2-6H,1H3,(H,14,16)/b15-6+. The fraction of sp³-hybridized carbons (Fsp3) is 0.0909. The molecule has 17 heavy (non-hydrogen) atoms. The Morgan fingerprint density at radius 1 is 1.35 bits per heavy atom. The molecule has 0 saturated heterocycles. The molecule has 0 saturated carbocycles. The maximum Gasteiger partial charge on any atom is 0.0965 e. The van der Waals surface area contributed by atoms with Gasteiger partial charge in [-0.2, -0.15) is 5.10 Å². The second kappa shape index (κ2) is 5.49. The minimum atomic E-state index is 0.442. The lowest BCUT2D eigenvalue weighted by molar-refractivity contribution is 1.28. The lowest BCUT2D eigenvalue weighted by atomic mass is 10.3. The lowest BCUT2D eigenvalue weighted by Crippen LogP contribution is -1.93. The van der Waals surface area contributed by atoms with E-state index >= 15 is 0 Å². The average molecular weight is 286 g/mol. The van der Waals surface area contributed by atoms with Crippen LogP contribution in [0.4, 0.5) is 5.69 Å². The van der Waals surface area contributed by atoms with E-state index in [4.69, 9.17) is 23.2 Å². The van der Waals surface area contributed by atoms with Crippen LogP contribution in [0.3, 0.4) is 0 Å². The lowest BCUT2D eigenvalue weighted by Gasteiger charge is -2.04. The van der Waals surface area contributed by atoms with Crippen molar-refractivity contribution in [3.05, 3.63) is 44.3 Å². The molecule has 0 aliphatic carbocycles. The number of nitrogens with one attached hydrogen (secondary N) is 1. The third kappa shape index (κ3) is 2.97. The predicted molar refractivity (Wildman–Crippen MR) is 74.5 cm³/mol. The van der Waals surface area contributed by atoms with Crippen LogP contribution in [0.5, 0.6) is 0 Å². The van der Waals surface area contributed by atoms with Gasteiger partial charge >= 0.3 is 0 Å². The normalized spacial score (nSPS) is 11.0. The number of nitrogens with zero attached hydrogens (tertiary/aromatic N) is 2. The zero-order valence-electron chi connectivity index (χ0n) is 8.95. The molecule has 6 heteroatoms. The first-order valence-corrected chi connectivity index (χ1v) is 6.44. The number of halogens is 2. The Hall–Kier alpha value is -1.10. The summed E-state index contributed by atoms with van der Waals surface area (Å²) in [6.07, 6.45) is 4.77. The van der Waals surface area contributed by atoms with E-state index in [1.165, 1.54) is 18.0 Å². The van der Waals surface area contributed by atoms with Crippen LogP contribution in [0, 0.1) is 6.92 Å². The Bertz CT molecular complexity index is 531. The molecule has 88 valence electrons. The zero-order chi connectivity index (χ0) is 12.3. The molecule has 0 bridgehead atoms. The number of anilines is 1. The second-order valence-corrected chi connectivity index (χ2v) is 5.08. The monoisotopic (exact) mass is 285 g/mol. The summed E-state index contributed by atoms with van der Waals surface area (Å²) in [6, 6.07) is 2.04. The molecule has 0 aromatic carbocycles. The van der Waals surface area contributed by atoms with Crippen LogP contribution in [-0.2, 0) is 0 Å². The van der Waals surface area contributed by atoms with Crippen molar-refractivity contribution in [1.82, 2.24) is 4.98 Å². The number of hydrogen-bond donors (Lipinski definition) is 1. The number of hydrogen-bond acceptors (Lipinski definition) is 4. The molecule has 3 nitrogen and oxygen atoms in total. The summed E-state index contributed by atoms with van der Waals surface area (Å²) in [5.41, 5.74) is 4.57. The van der Waals surface area contributed by atoms with Gasteiger partial charge in [-0.3, -0.25) is 10.4 Å². The van der Waals surface area contributed by atoms with Crippen molar-refractivity contribution < 1.29 is 0 Å². The van der Waals surface area contributed by atoms with Crippen LogP contribution in [0.2, 0.25) is 10.0 Å². The summed E-state index contributed by atoms with van der Waals surface area (Å²) in [6.45, 7) is 2.03. The highest BCUT2D eigenvalue weighted by Crippen LogP contribution is 2.28. The fourth-order valence-corrected chi connectivity index (χ4v) is 2.43. The SMILES string of the molecule is Cc1ccsc1/C=N/Nc1c(Cl)cncc1Cl. The highest BCUT2D eigenvalue weighted by molar-refractivity contribution is 7.11. The van der Waals surface area contributed by atoms with Crippen molar-refractivity contribution in [3.8, 4) is 0 Å². The van der Waals surface area contributed by atoms with Crippen molar-refractivity contribution in [2.45, 2.75) is 6.92 Å². The average Bonchev–Trinajstić information content (AvgIpc) is 2.69. The van der Waals surface area contributed by atoms with Gasteiger partial charge in [-0.05, 0) is 23.9 Å². The van der Waals surface area contributed by atoms with E-state index in [1.807, 2.05) is 18.4 Å². The van der Waals surface area contributed by atoms with Gasteiger partial charge in [0.1, 0.15) is 0 Å². The van der Waals surface area contributed by atoms with E-state index in [9.17, 15) is 0 Å². The van der Waals surface area contributed by atoms with E-state index in [1.54, 1.807) is 17.6 Å². The van der Waals surface area contributed by atoms with Crippen molar-refractivity contribution in [1.29, 1.82) is 0 Å². The van der Waals surface area contributed by atoms with Gasteiger partial charge in [-0.25, -0.2) is 0 Å². The number of hydrazone groups is 1. The molecule has 0 atom stereocenters. The Kier molecular flexibility index (Phi) is 3.99. The van der Waals surface area contributed by atoms with Crippen LogP contribution in [-0.4, -0.2) is 11.2 Å². The van der Waals surface area contributed by atoms with Gasteiger partial charge in [0, 0.05) is 17.3 Å². The van der Waals surface area contributed by atoms with Gasteiger partial charge in [0.05, 0.1) is 21.9 Å². The van der Waals surface area contributed by atoms with Gasteiger partial charge in [0.15, 0.2) is 0 Å². The molecule has 2 aromatic rings. The molecular weight excluding hydrogens is 277 g/mol. The van der Waals surface area contributed by atoms with Crippen LogP contribution in [0.25, 0.3) is 0 Å². The van der Waals surface area contributed by atoms with Crippen molar-refractivity contribution in [3.63, 3.8) is 0 Å². The second-order valence-electron chi connectivity index (χ2n) is 3.32. The Morgan fingerprint density at radius 3 is 2.65 bits per heavy atom. The van der Waals surface area contributed by atoms with E-state index in [0.717, 1.165) is 4.88 Å². The van der Waals surface area contributed by atoms with E-state index in [0.29, 0.717) is 15.7 Å². The largest absolute Gasteiger partial charge is 0.275 e. The molecule has 0 aliphatic rings. The van der Waals surface area contributed by atoms with Gasteiger partial charge in [0.25, 0.3) is 0 Å². The smallest absolute Gasteiger partial charge is 0.0965 e. The number of aryl methyl sites for hydroxylation is 1. The number of rotatable bonds is 3. The minimum Gasteiger partial charge on any atom is -0.275 e. The van der Waals surface area contributed by atoms with Crippen molar-refractivity contribution >= 4 is 46.4 Å². The summed E-state index contributed by atoms with van der Waals surface area (Å²) >= 11 is 13.5. The van der Waals surface area contributed by atoms with Gasteiger partial charge < -0.3 is 0 Å². The van der Waals surface area contributed by atoms with Crippen LogP contribution >= 0.6 is 34.5 Å². The highest BCUT2D eigenvalue weighted by Gasteiger charge is 2.04. The maximum absolute atomic E-state index is 5.94. The van der Waals surface area contributed by atoms with E-state index in [-0.39, 0.29) is 0 Å². The Morgan fingerprint density at radius 2 is 2.06 bits per heavy atom. The van der Waals surface area contributed by atoms with Crippen LogP contribution in [0.15, 0.2) is 28.9 Å². The molecule has 0 amide bonds. The summed E-state index contributed by atoms with van der Waals surface area (Å²) in [7, 11) is 0. The summed E-state index contributed by atoms with van der Waals surface area (Å²) in [4.78, 5) is 4.96. The summed E-state index contributed by atoms with van der Waals surface area (Å²) < 4.78 is 0. The number of thiophene rings is 1. The zero-order valence-corrected chi connectivity index (χ0v) is 11.3. The molecule has 0 aliphatic heterocycles. The third-order valence-corrected chi connectivity index (χ3v) is 3.64. The first kappa shape index (κ1) is 12.4. The molecular formula is C11H9Cl2N3S. The van der Waals surface area contributed by atoms with Crippen LogP contribution in [0.1, 0.15) is 10.4 Å². The number of aromatic nitrogens is 1. The summed E-state index contributed by atoms with van der Waals surface area (Å²) in [5, 5.41) is 7.01. The third-order valence-electron chi connectivity index (χ3n) is 2.11. The highest BCUT2D eigenvalue weighted by atomic mass is 35.5. The molecule has 1 N–H and O–H groups in total. The van der Waals surface area contributed by atoms with Crippen molar-refractivity contribution in [2.24, 2.45) is 5.10 Å². The minimum absolute atomic E-state index is 0.442. The molecule has 2 rings (SSSR count). The molecule has 0 radical (unpaired) electrons. The van der Waals surface area contributed by atoms with E-state index in [2.05, 4.69) is 15.5 Å². The molecule has 0 fully saturated rings.